The van der Waals surface area contributed by atoms with Gasteiger partial charge in [-0.05, 0) is 18.4 Å². The van der Waals surface area contributed by atoms with Gasteiger partial charge in [0.2, 0.25) is 5.91 Å². The van der Waals surface area contributed by atoms with Crippen LogP contribution in [0.2, 0.25) is 0 Å². The van der Waals surface area contributed by atoms with Crippen molar-refractivity contribution >= 4 is 22.7 Å². The number of aromatic amines is 1. The van der Waals surface area contributed by atoms with Crippen LogP contribution in [0.1, 0.15) is 37.0 Å². The maximum Gasteiger partial charge on any atom is 0.256 e. The Morgan fingerprint density at radius 2 is 1.88 bits per heavy atom. The van der Waals surface area contributed by atoms with E-state index in [0.29, 0.717) is 44.1 Å². The van der Waals surface area contributed by atoms with Crippen LogP contribution < -0.4 is 0 Å². The van der Waals surface area contributed by atoms with Gasteiger partial charge >= 0.3 is 0 Å². The molecule has 0 bridgehead atoms. The van der Waals surface area contributed by atoms with E-state index in [1.807, 2.05) is 28.0 Å². The first-order valence-corrected chi connectivity index (χ1v) is 8.55. The zero-order valence-electron chi connectivity index (χ0n) is 14.3. The quantitative estimate of drug-likeness (QED) is 0.936. The summed E-state index contributed by atoms with van der Waals surface area (Å²) in [5.74, 6) is 0.734. The number of amides is 2. The van der Waals surface area contributed by atoms with Gasteiger partial charge in [-0.15, -0.1) is 0 Å². The lowest BCUT2D eigenvalue weighted by molar-refractivity contribution is -0.132. The molecule has 0 spiro atoms. The third kappa shape index (κ3) is 3.42. The molecule has 1 aliphatic rings. The molecule has 128 valence electrons. The van der Waals surface area contributed by atoms with Gasteiger partial charge in [-0.1, -0.05) is 26.0 Å². The highest BCUT2D eigenvalue weighted by Gasteiger charge is 2.25. The van der Waals surface area contributed by atoms with E-state index in [2.05, 4.69) is 24.0 Å². The Morgan fingerprint density at radius 1 is 1.17 bits per heavy atom. The van der Waals surface area contributed by atoms with Gasteiger partial charge in [0.15, 0.2) is 0 Å². The summed E-state index contributed by atoms with van der Waals surface area (Å²) in [4.78, 5) is 28.7. The lowest BCUT2D eigenvalue weighted by Gasteiger charge is -2.35. The summed E-state index contributed by atoms with van der Waals surface area (Å²) < 4.78 is 0. The van der Waals surface area contributed by atoms with E-state index in [1.54, 1.807) is 6.20 Å². The Labute approximate surface area is 141 Å². The molecule has 1 aromatic carbocycles. The molecule has 1 saturated heterocycles. The summed E-state index contributed by atoms with van der Waals surface area (Å²) in [6, 6.07) is 5.63. The number of piperazine rings is 1. The molecular weight excluding hydrogens is 304 g/mol. The van der Waals surface area contributed by atoms with Crippen molar-refractivity contribution in [3.8, 4) is 0 Å². The fraction of sp³-hybridized carbons (Fsp3) is 0.500. The Hall–Kier alpha value is -2.37. The molecule has 2 heterocycles. The fourth-order valence-corrected chi connectivity index (χ4v) is 3.05. The summed E-state index contributed by atoms with van der Waals surface area (Å²) in [6.07, 6.45) is 3.23. The first kappa shape index (κ1) is 16.5. The van der Waals surface area contributed by atoms with Crippen molar-refractivity contribution in [2.24, 2.45) is 5.92 Å². The number of para-hydroxylation sites is 1. The number of carbonyl (C=O) groups excluding carboxylic acids is 2. The van der Waals surface area contributed by atoms with E-state index in [1.165, 1.54) is 0 Å². The average Bonchev–Trinajstić information content (AvgIpc) is 3.08. The van der Waals surface area contributed by atoms with E-state index >= 15 is 0 Å². The van der Waals surface area contributed by atoms with Crippen molar-refractivity contribution in [1.29, 1.82) is 0 Å². The molecule has 1 aliphatic heterocycles. The molecule has 2 aromatic rings. The molecule has 6 nitrogen and oxygen atoms in total. The number of nitrogens with one attached hydrogen (secondary N) is 1. The van der Waals surface area contributed by atoms with Crippen molar-refractivity contribution in [3.05, 3.63) is 30.0 Å². The topological polar surface area (TPSA) is 69.3 Å². The lowest BCUT2D eigenvalue weighted by Crippen LogP contribution is -2.50. The van der Waals surface area contributed by atoms with Crippen molar-refractivity contribution in [2.45, 2.75) is 26.7 Å². The number of carbonyl (C=O) groups is 2. The molecule has 2 amide bonds. The van der Waals surface area contributed by atoms with E-state index in [-0.39, 0.29) is 11.8 Å². The van der Waals surface area contributed by atoms with Crippen molar-refractivity contribution in [3.63, 3.8) is 0 Å². The highest BCUT2D eigenvalue weighted by atomic mass is 16.2. The minimum Gasteiger partial charge on any atom is -0.339 e. The molecule has 0 unspecified atom stereocenters. The zero-order chi connectivity index (χ0) is 17.1. The van der Waals surface area contributed by atoms with Crippen LogP contribution in [0.5, 0.6) is 0 Å². The normalized spacial score (nSPS) is 15.3. The van der Waals surface area contributed by atoms with Gasteiger partial charge in [0, 0.05) is 38.0 Å². The molecule has 0 atom stereocenters. The predicted octanol–water partition coefficient (Wildman–Crippen LogP) is 2.28. The van der Waals surface area contributed by atoms with Crippen LogP contribution in [0, 0.1) is 5.92 Å². The molecule has 0 saturated carbocycles. The second kappa shape index (κ2) is 7.03. The maximum atomic E-state index is 12.8. The average molecular weight is 328 g/mol. The van der Waals surface area contributed by atoms with Gasteiger partial charge < -0.3 is 9.80 Å². The number of aromatic nitrogens is 2. The molecule has 3 rings (SSSR count). The molecular formula is C18H24N4O2. The van der Waals surface area contributed by atoms with Crippen LogP contribution in [0.25, 0.3) is 10.9 Å². The largest absolute Gasteiger partial charge is 0.339 e. The second-order valence-electron chi connectivity index (χ2n) is 6.75. The van der Waals surface area contributed by atoms with Gasteiger partial charge in [-0.3, -0.25) is 14.7 Å². The minimum atomic E-state index is -0.000806. The molecule has 6 heteroatoms. The molecule has 1 aromatic heterocycles. The van der Waals surface area contributed by atoms with E-state index in [4.69, 9.17) is 0 Å². The van der Waals surface area contributed by atoms with Gasteiger partial charge in [-0.25, -0.2) is 0 Å². The molecule has 1 N–H and O–H groups in total. The van der Waals surface area contributed by atoms with Gasteiger partial charge in [-0.2, -0.15) is 5.10 Å². The zero-order valence-corrected chi connectivity index (χ0v) is 14.3. The minimum absolute atomic E-state index is 0.000806. The molecule has 1 fully saturated rings. The van der Waals surface area contributed by atoms with Crippen LogP contribution in [0.4, 0.5) is 0 Å². The summed E-state index contributed by atoms with van der Waals surface area (Å²) >= 11 is 0. The Kier molecular flexibility index (Phi) is 4.83. The first-order valence-electron chi connectivity index (χ1n) is 8.55. The standard InChI is InChI=1S/C18H24N4O2/c1-13(2)6-7-16(23)21-8-10-22(11-9-21)18(24)15-5-3-4-14-12-19-20-17(14)15/h3-5,12-13H,6-11H2,1-2H3,(H,19,20). The van der Waals surface area contributed by atoms with Crippen molar-refractivity contribution in [2.75, 3.05) is 26.2 Å². The summed E-state index contributed by atoms with van der Waals surface area (Å²) in [6.45, 7) is 6.64. The highest BCUT2D eigenvalue weighted by molar-refractivity contribution is 6.05. The molecule has 0 aliphatic carbocycles. The number of hydrogen-bond acceptors (Lipinski definition) is 3. The number of benzene rings is 1. The van der Waals surface area contributed by atoms with Crippen LogP contribution in [-0.2, 0) is 4.79 Å². The van der Waals surface area contributed by atoms with Gasteiger partial charge in [0.05, 0.1) is 17.3 Å². The third-order valence-electron chi connectivity index (χ3n) is 4.56. The molecule has 0 radical (unpaired) electrons. The van der Waals surface area contributed by atoms with Crippen molar-refractivity contribution < 1.29 is 9.59 Å². The number of nitrogens with zero attached hydrogens (tertiary/aromatic N) is 3. The van der Waals surface area contributed by atoms with Crippen molar-refractivity contribution in [1.82, 2.24) is 20.0 Å². The van der Waals surface area contributed by atoms with Crippen LogP contribution >= 0.6 is 0 Å². The number of hydrogen-bond donors (Lipinski definition) is 1. The monoisotopic (exact) mass is 328 g/mol. The third-order valence-corrected chi connectivity index (χ3v) is 4.56. The SMILES string of the molecule is CC(C)CCC(=O)N1CCN(C(=O)c2cccc3cn[nH]c23)CC1. The molecule has 24 heavy (non-hydrogen) atoms. The highest BCUT2D eigenvalue weighted by Crippen LogP contribution is 2.18. The Balaban J connectivity index is 1.61. The number of H-pyrrole nitrogens is 1. The van der Waals surface area contributed by atoms with Crippen LogP contribution in [0.3, 0.4) is 0 Å². The lowest BCUT2D eigenvalue weighted by atomic mass is 10.1. The summed E-state index contributed by atoms with van der Waals surface area (Å²) in [7, 11) is 0. The van der Waals surface area contributed by atoms with Gasteiger partial charge in [0.1, 0.15) is 0 Å². The number of rotatable bonds is 4. The van der Waals surface area contributed by atoms with E-state index in [0.717, 1.165) is 17.3 Å². The second-order valence-corrected chi connectivity index (χ2v) is 6.75. The van der Waals surface area contributed by atoms with Crippen LogP contribution in [-0.4, -0.2) is 58.0 Å². The van der Waals surface area contributed by atoms with E-state index in [9.17, 15) is 9.59 Å². The maximum absolute atomic E-state index is 12.8. The van der Waals surface area contributed by atoms with E-state index < -0.39 is 0 Å². The van der Waals surface area contributed by atoms with Gasteiger partial charge in [0.25, 0.3) is 5.91 Å². The Bertz CT molecular complexity index is 729. The predicted molar refractivity (Wildman–Crippen MR) is 92.6 cm³/mol. The Morgan fingerprint density at radius 3 is 2.58 bits per heavy atom. The number of fused-ring (bicyclic) bond motifs is 1. The smallest absolute Gasteiger partial charge is 0.256 e. The first-order chi connectivity index (χ1) is 11.6. The summed E-state index contributed by atoms with van der Waals surface area (Å²) in [5.41, 5.74) is 1.42. The fourth-order valence-electron chi connectivity index (χ4n) is 3.05. The van der Waals surface area contributed by atoms with Crippen LogP contribution in [0.15, 0.2) is 24.4 Å². The summed E-state index contributed by atoms with van der Waals surface area (Å²) in [5, 5.41) is 7.84.